The molecule has 1 aliphatic heterocycles. The average molecular weight is 310 g/mol. The Labute approximate surface area is 131 Å². The van der Waals surface area contributed by atoms with Crippen LogP contribution in [0.25, 0.3) is 0 Å². The number of likely N-dealkylation sites (tertiary alicyclic amines) is 1. The molecule has 0 bridgehead atoms. The first-order valence-corrected chi connectivity index (χ1v) is 7.91. The minimum absolute atomic E-state index is 0.00688. The molecule has 2 unspecified atom stereocenters. The summed E-state index contributed by atoms with van der Waals surface area (Å²) in [4.78, 5) is 14.5. The Hall–Kier alpha value is -1.10. The van der Waals surface area contributed by atoms with Gasteiger partial charge >= 0.3 is 0 Å². The van der Waals surface area contributed by atoms with Gasteiger partial charge in [0.05, 0.1) is 6.54 Å². The molecule has 1 aromatic rings. The Bertz CT molecular complexity index is 506. The Morgan fingerprint density at radius 3 is 2.95 bits per heavy atom. The number of piperidine rings is 1. The lowest BCUT2D eigenvalue weighted by molar-refractivity contribution is -0.118. The van der Waals surface area contributed by atoms with Crippen LogP contribution in [0.1, 0.15) is 31.7 Å². The van der Waals surface area contributed by atoms with Crippen molar-refractivity contribution in [3.05, 3.63) is 28.8 Å². The van der Waals surface area contributed by atoms with E-state index in [2.05, 4.69) is 17.1 Å². The monoisotopic (exact) mass is 309 g/mol. The van der Waals surface area contributed by atoms with Crippen LogP contribution >= 0.6 is 11.6 Å². The summed E-state index contributed by atoms with van der Waals surface area (Å²) in [5.74, 6) is -0.00688. The van der Waals surface area contributed by atoms with Gasteiger partial charge in [0.15, 0.2) is 0 Å². The molecule has 0 aliphatic carbocycles. The maximum Gasteiger partial charge on any atom is 0.238 e. The lowest BCUT2D eigenvalue weighted by Gasteiger charge is -2.39. The quantitative estimate of drug-likeness (QED) is 0.899. The molecule has 3 N–H and O–H groups in total. The summed E-state index contributed by atoms with van der Waals surface area (Å²) in [5, 5.41) is 3.58. The summed E-state index contributed by atoms with van der Waals surface area (Å²) >= 11 is 5.98. The van der Waals surface area contributed by atoms with E-state index in [4.69, 9.17) is 17.3 Å². The van der Waals surface area contributed by atoms with Crippen LogP contribution in [-0.2, 0) is 4.79 Å². The van der Waals surface area contributed by atoms with Crippen molar-refractivity contribution in [2.75, 3.05) is 18.4 Å². The van der Waals surface area contributed by atoms with Gasteiger partial charge in [-0.2, -0.15) is 0 Å². The molecule has 5 heteroatoms. The van der Waals surface area contributed by atoms with Gasteiger partial charge in [-0.1, -0.05) is 24.1 Å². The predicted molar refractivity (Wildman–Crippen MR) is 87.7 cm³/mol. The summed E-state index contributed by atoms with van der Waals surface area (Å²) in [6, 6.07) is 6.22. The van der Waals surface area contributed by atoms with Gasteiger partial charge < -0.3 is 11.1 Å². The molecule has 2 rings (SSSR count). The van der Waals surface area contributed by atoms with Crippen molar-refractivity contribution in [2.24, 2.45) is 5.73 Å². The lowest BCUT2D eigenvalue weighted by atomic mass is 9.96. The van der Waals surface area contributed by atoms with E-state index in [9.17, 15) is 4.79 Å². The van der Waals surface area contributed by atoms with Crippen LogP contribution in [0.3, 0.4) is 0 Å². The van der Waals surface area contributed by atoms with Crippen LogP contribution in [0.4, 0.5) is 5.69 Å². The minimum atomic E-state index is -0.00688. The fourth-order valence-corrected chi connectivity index (χ4v) is 3.14. The number of nitrogens with two attached hydrogens (primary N) is 1. The summed E-state index contributed by atoms with van der Waals surface area (Å²) in [6.07, 6.45) is 3.39. The van der Waals surface area contributed by atoms with E-state index in [0.29, 0.717) is 30.2 Å². The first-order valence-electron chi connectivity index (χ1n) is 7.53. The number of nitrogens with one attached hydrogen (secondary N) is 1. The molecule has 2 atom stereocenters. The third-order valence-electron chi connectivity index (χ3n) is 4.27. The summed E-state index contributed by atoms with van der Waals surface area (Å²) in [7, 11) is 0. The zero-order valence-electron chi connectivity index (χ0n) is 12.7. The summed E-state index contributed by atoms with van der Waals surface area (Å²) in [5.41, 5.74) is 7.63. The lowest BCUT2D eigenvalue weighted by Crippen LogP contribution is -2.51. The number of nitrogens with zero attached hydrogens (tertiary/aromatic N) is 1. The van der Waals surface area contributed by atoms with Crippen LogP contribution in [0, 0.1) is 6.92 Å². The van der Waals surface area contributed by atoms with E-state index in [1.54, 1.807) is 6.07 Å². The molecule has 1 aromatic carbocycles. The van der Waals surface area contributed by atoms with E-state index in [1.807, 2.05) is 19.1 Å². The number of carbonyl (C=O) groups is 1. The number of aryl methyl sites for hydroxylation is 1. The van der Waals surface area contributed by atoms with Crippen molar-refractivity contribution in [3.63, 3.8) is 0 Å². The van der Waals surface area contributed by atoms with E-state index >= 15 is 0 Å². The van der Waals surface area contributed by atoms with Gasteiger partial charge in [-0.15, -0.1) is 0 Å². The third kappa shape index (κ3) is 4.19. The molecule has 0 aromatic heterocycles. The average Bonchev–Trinajstić information content (AvgIpc) is 2.45. The van der Waals surface area contributed by atoms with Crippen molar-refractivity contribution in [1.29, 1.82) is 0 Å². The molecule has 1 aliphatic rings. The number of amides is 1. The van der Waals surface area contributed by atoms with Crippen molar-refractivity contribution in [2.45, 2.75) is 45.2 Å². The molecule has 4 nitrogen and oxygen atoms in total. The Morgan fingerprint density at radius 1 is 1.48 bits per heavy atom. The molecular formula is C16H24ClN3O. The number of anilines is 1. The second-order valence-corrected chi connectivity index (χ2v) is 6.29. The first kappa shape index (κ1) is 16.3. The van der Waals surface area contributed by atoms with Crippen molar-refractivity contribution >= 4 is 23.2 Å². The number of carbonyl (C=O) groups excluding carboxylic acids is 1. The molecule has 1 heterocycles. The van der Waals surface area contributed by atoms with E-state index in [1.165, 1.54) is 6.42 Å². The highest BCUT2D eigenvalue weighted by Gasteiger charge is 2.28. The largest absolute Gasteiger partial charge is 0.329 e. The number of hydrogen-bond acceptors (Lipinski definition) is 3. The molecule has 0 radical (unpaired) electrons. The van der Waals surface area contributed by atoms with Gasteiger partial charge in [0.2, 0.25) is 5.91 Å². The molecule has 21 heavy (non-hydrogen) atoms. The maximum atomic E-state index is 12.3. The second kappa shape index (κ2) is 7.25. The molecule has 0 saturated carbocycles. The summed E-state index contributed by atoms with van der Waals surface area (Å²) in [6.45, 7) is 5.11. The van der Waals surface area contributed by atoms with Crippen LogP contribution < -0.4 is 11.1 Å². The highest BCUT2D eigenvalue weighted by Crippen LogP contribution is 2.23. The Morgan fingerprint density at radius 2 is 2.24 bits per heavy atom. The predicted octanol–water partition coefficient (Wildman–Crippen LogP) is 2.79. The van der Waals surface area contributed by atoms with Gasteiger partial charge in [0, 0.05) is 29.3 Å². The molecule has 1 saturated heterocycles. The molecular weight excluding hydrogens is 286 g/mol. The number of rotatable bonds is 4. The molecule has 1 amide bonds. The summed E-state index contributed by atoms with van der Waals surface area (Å²) < 4.78 is 0. The van der Waals surface area contributed by atoms with Crippen LogP contribution in [-0.4, -0.2) is 36.0 Å². The van der Waals surface area contributed by atoms with Crippen molar-refractivity contribution < 1.29 is 4.79 Å². The van der Waals surface area contributed by atoms with Gasteiger partial charge in [0.1, 0.15) is 0 Å². The second-order valence-electron chi connectivity index (χ2n) is 5.85. The van der Waals surface area contributed by atoms with Crippen molar-refractivity contribution in [1.82, 2.24) is 4.90 Å². The topological polar surface area (TPSA) is 58.4 Å². The van der Waals surface area contributed by atoms with Gasteiger partial charge in [-0.3, -0.25) is 9.69 Å². The van der Waals surface area contributed by atoms with Crippen molar-refractivity contribution in [3.8, 4) is 0 Å². The normalized spacial score (nSPS) is 23.0. The Balaban J connectivity index is 2.01. The highest BCUT2D eigenvalue weighted by atomic mass is 35.5. The molecule has 1 fully saturated rings. The first-order chi connectivity index (χ1) is 10.0. The van der Waals surface area contributed by atoms with Gasteiger partial charge in [-0.05, 0) is 44.4 Å². The maximum absolute atomic E-state index is 12.3. The van der Waals surface area contributed by atoms with Crippen LogP contribution in [0.5, 0.6) is 0 Å². The molecule has 116 valence electrons. The Kier molecular flexibility index (Phi) is 5.62. The van der Waals surface area contributed by atoms with E-state index in [0.717, 1.165) is 24.1 Å². The fourth-order valence-electron chi connectivity index (χ4n) is 2.96. The van der Waals surface area contributed by atoms with E-state index in [-0.39, 0.29) is 5.91 Å². The number of halogens is 1. The van der Waals surface area contributed by atoms with E-state index < -0.39 is 0 Å². The SMILES string of the molecule is Cc1ccc(Cl)cc1NC(=O)CN1C(C)CCCC1CN. The highest BCUT2D eigenvalue weighted by molar-refractivity contribution is 6.31. The third-order valence-corrected chi connectivity index (χ3v) is 4.50. The van der Waals surface area contributed by atoms with Crippen LogP contribution in [0.15, 0.2) is 18.2 Å². The fraction of sp³-hybridized carbons (Fsp3) is 0.562. The zero-order chi connectivity index (χ0) is 15.4. The zero-order valence-corrected chi connectivity index (χ0v) is 13.5. The standard InChI is InChI=1S/C16H24ClN3O/c1-11-6-7-13(17)8-15(11)19-16(21)10-20-12(2)4-3-5-14(20)9-18/h6-8,12,14H,3-5,9-10,18H2,1-2H3,(H,19,21). The minimum Gasteiger partial charge on any atom is -0.329 e. The smallest absolute Gasteiger partial charge is 0.238 e. The van der Waals surface area contributed by atoms with Gasteiger partial charge in [0.25, 0.3) is 0 Å². The van der Waals surface area contributed by atoms with Gasteiger partial charge in [-0.25, -0.2) is 0 Å². The number of hydrogen-bond donors (Lipinski definition) is 2. The number of benzene rings is 1. The molecule has 0 spiro atoms. The van der Waals surface area contributed by atoms with Crippen LogP contribution in [0.2, 0.25) is 5.02 Å².